The van der Waals surface area contributed by atoms with Gasteiger partial charge < -0.3 is 0 Å². The van der Waals surface area contributed by atoms with Gasteiger partial charge in [0, 0.05) is 12.6 Å². The highest BCUT2D eigenvalue weighted by molar-refractivity contribution is 5.93. The maximum Gasteiger partial charge on any atom is 0.417 e. The molecule has 14 heavy (non-hydrogen) atoms. The van der Waals surface area contributed by atoms with Crippen LogP contribution in [-0.2, 0) is 6.18 Å². The first-order valence-corrected chi connectivity index (χ1v) is 4.01. The van der Waals surface area contributed by atoms with E-state index in [-0.39, 0.29) is 17.9 Å². The monoisotopic (exact) mass is 203 g/mol. The van der Waals surface area contributed by atoms with Crippen molar-refractivity contribution in [2.75, 3.05) is 0 Å². The number of hydrogen-bond acceptors (Lipinski definition) is 2. The van der Waals surface area contributed by atoms with Crippen LogP contribution in [0.2, 0.25) is 0 Å². The van der Waals surface area contributed by atoms with Crippen LogP contribution >= 0.6 is 0 Å². The van der Waals surface area contributed by atoms with Crippen LogP contribution in [0.25, 0.3) is 0 Å². The number of halogens is 3. The minimum Gasteiger partial charge on any atom is -0.292 e. The molecule has 0 radical (unpaired) electrons. The summed E-state index contributed by atoms with van der Waals surface area (Å²) in [7, 11) is 0. The fourth-order valence-electron chi connectivity index (χ4n) is 0.908. The summed E-state index contributed by atoms with van der Waals surface area (Å²) in [5, 5.41) is 0. The van der Waals surface area contributed by atoms with Crippen molar-refractivity contribution in [2.45, 2.75) is 19.5 Å². The number of alkyl halides is 3. The van der Waals surface area contributed by atoms with E-state index >= 15 is 0 Å². The maximum absolute atomic E-state index is 12.1. The number of hydrogen-bond donors (Lipinski definition) is 0. The van der Waals surface area contributed by atoms with Crippen LogP contribution in [0.4, 0.5) is 13.2 Å². The van der Waals surface area contributed by atoms with Crippen LogP contribution in [0.15, 0.2) is 18.3 Å². The zero-order valence-corrected chi connectivity index (χ0v) is 7.43. The van der Waals surface area contributed by atoms with E-state index in [1.807, 2.05) is 0 Å². The summed E-state index contributed by atoms with van der Waals surface area (Å²) < 4.78 is 36.2. The van der Waals surface area contributed by atoms with Crippen molar-refractivity contribution in [1.29, 1.82) is 0 Å². The lowest BCUT2D eigenvalue weighted by molar-refractivity contribution is -0.137. The van der Waals surface area contributed by atoms with E-state index in [1.54, 1.807) is 6.92 Å². The summed E-state index contributed by atoms with van der Waals surface area (Å²) in [6.45, 7) is 1.63. The maximum atomic E-state index is 12.1. The number of Topliss-reactive ketones (excluding diaryl/α,β-unsaturated/α-hetero) is 1. The van der Waals surface area contributed by atoms with Crippen molar-refractivity contribution in [3.05, 3.63) is 29.6 Å². The fourth-order valence-corrected chi connectivity index (χ4v) is 0.908. The first-order valence-electron chi connectivity index (χ1n) is 4.01. The molecule has 0 aliphatic heterocycles. The molecule has 0 saturated heterocycles. The molecule has 5 heteroatoms. The first kappa shape index (κ1) is 10.7. The highest BCUT2D eigenvalue weighted by Crippen LogP contribution is 2.28. The molecule has 0 aromatic carbocycles. The highest BCUT2D eigenvalue weighted by Gasteiger charge is 2.30. The Bertz CT molecular complexity index is 329. The van der Waals surface area contributed by atoms with Gasteiger partial charge in [-0.1, -0.05) is 6.92 Å². The second-order valence-electron chi connectivity index (χ2n) is 2.71. The second-order valence-corrected chi connectivity index (χ2v) is 2.71. The van der Waals surface area contributed by atoms with Gasteiger partial charge in [-0.2, -0.15) is 13.2 Å². The number of rotatable bonds is 2. The Morgan fingerprint density at radius 1 is 1.43 bits per heavy atom. The Morgan fingerprint density at radius 2 is 2.07 bits per heavy atom. The molecule has 1 rings (SSSR count). The van der Waals surface area contributed by atoms with Crippen LogP contribution in [0, 0.1) is 0 Å². The van der Waals surface area contributed by atoms with E-state index in [4.69, 9.17) is 0 Å². The van der Waals surface area contributed by atoms with Crippen LogP contribution in [0.1, 0.15) is 29.4 Å². The lowest BCUT2D eigenvalue weighted by Gasteiger charge is -2.05. The van der Waals surface area contributed by atoms with Crippen molar-refractivity contribution in [1.82, 2.24) is 4.98 Å². The summed E-state index contributed by atoms with van der Waals surface area (Å²) in [6.07, 6.45) is -3.50. The molecule has 1 aromatic rings. The number of carbonyl (C=O) groups excluding carboxylic acids is 1. The van der Waals surface area contributed by atoms with Crippen LogP contribution in [-0.4, -0.2) is 10.8 Å². The third-order valence-corrected chi connectivity index (χ3v) is 1.70. The molecule has 0 fully saturated rings. The third-order valence-electron chi connectivity index (χ3n) is 1.70. The molecule has 0 aliphatic rings. The predicted molar refractivity (Wildman–Crippen MR) is 43.9 cm³/mol. The van der Waals surface area contributed by atoms with E-state index in [9.17, 15) is 18.0 Å². The molecule has 76 valence electrons. The Hall–Kier alpha value is -1.39. The summed E-state index contributed by atoms with van der Waals surface area (Å²) in [4.78, 5) is 14.5. The summed E-state index contributed by atoms with van der Waals surface area (Å²) in [5.41, 5.74) is -0.773. The van der Waals surface area contributed by atoms with Gasteiger partial charge in [-0.05, 0) is 12.1 Å². The largest absolute Gasteiger partial charge is 0.417 e. The van der Waals surface area contributed by atoms with Crippen molar-refractivity contribution in [3.63, 3.8) is 0 Å². The standard InChI is InChI=1S/C9H8F3NO/c1-2-8(14)7-4-3-6(5-13-7)9(10,11)12/h3-5H,2H2,1H3. The molecule has 0 unspecified atom stereocenters. The molecule has 1 aromatic heterocycles. The van der Waals surface area contributed by atoms with Gasteiger partial charge >= 0.3 is 6.18 Å². The number of carbonyl (C=O) groups is 1. The summed E-state index contributed by atoms with van der Waals surface area (Å²) in [5.74, 6) is -0.265. The molecule has 0 amide bonds. The smallest absolute Gasteiger partial charge is 0.292 e. The molecule has 0 spiro atoms. The minimum absolute atomic E-state index is 0.0699. The van der Waals surface area contributed by atoms with E-state index in [0.29, 0.717) is 6.20 Å². The molecule has 1 heterocycles. The predicted octanol–water partition coefficient (Wildman–Crippen LogP) is 2.69. The normalized spacial score (nSPS) is 11.4. The van der Waals surface area contributed by atoms with Crippen LogP contribution < -0.4 is 0 Å². The molecule has 0 atom stereocenters. The average Bonchev–Trinajstić information content (AvgIpc) is 2.15. The molecular formula is C9H8F3NO. The minimum atomic E-state index is -4.40. The van der Waals surface area contributed by atoms with Gasteiger partial charge in [-0.15, -0.1) is 0 Å². The quantitative estimate of drug-likeness (QED) is 0.691. The number of aromatic nitrogens is 1. The van der Waals surface area contributed by atoms with Gasteiger partial charge in [-0.25, -0.2) is 0 Å². The number of nitrogens with zero attached hydrogens (tertiary/aromatic N) is 1. The van der Waals surface area contributed by atoms with Crippen LogP contribution in [0.5, 0.6) is 0 Å². The third kappa shape index (κ3) is 2.31. The SMILES string of the molecule is CCC(=O)c1ccc(C(F)(F)F)cn1. The molecule has 0 saturated carbocycles. The van der Waals surface area contributed by atoms with Crippen molar-refractivity contribution < 1.29 is 18.0 Å². The second kappa shape index (κ2) is 3.77. The van der Waals surface area contributed by atoms with E-state index in [1.165, 1.54) is 0 Å². The number of ketones is 1. The first-order chi connectivity index (χ1) is 6.45. The zero-order chi connectivity index (χ0) is 10.8. The molecular weight excluding hydrogens is 195 g/mol. The molecule has 0 bridgehead atoms. The lowest BCUT2D eigenvalue weighted by atomic mass is 10.2. The van der Waals surface area contributed by atoms with E-state index < -0.39 is 11.7 Å². The molecule has 0 N–H and O–H groups in total. The van der Waals surface area contributed by atoms with Gasteiger partial charge in [0.15, 0.2) is 5.78 Å². The fraction of sp³-hybridized carbons (Fsp3) is 0.333. The van der Waals surface area contributed by atoms with Crippen molar-refractivity contribution in [3.8, 4) is 0 Å². The Balaban J connectivity index is 2.95. The Morgan fingerprint density at radius 3 is 2.43 bits per heavy atom. The molecule has 2 nitrogen and oxygen atoms in total. The Kier molecular flexibility index (Phi) is 2.88. The van der Waals surface area contributed by atoms with Crippen LogP contribution in [0.3, 0.4) is 0 Å². The lowest BCUT2D eigenvalue weighted by Crippen LogP contribution is -2.07. The van der Waals surface area contributed by atoms with E-state index in [2.05, 4.69) is 4.98 Å². The van der Waals surface area contributed by atoms with Crippen molar-refractivity contribution in [2.24, 2.45) is 0 Å². The summed E-state index contributed by atoms with van der Waals surface area (Å²) in [6, 6.07) is 1.95. The van der Waals surface area contributed by atoms with Gasteiger partial charge in [0.05, 0.1) is 5.56 Å². The Labute approximate surface area is 78.8 Å². The number of pyridine rings is 1. The topological polar surface area (TPSA) is 30.0 Å². The average molecular weight is 203 g/mol. The van der Waals surface area contributed by atoms with Gasteiger partial charge in [0.1, 0.15) is 5.69 Å². The van der Waals surface area contributed by atoms with Gasteiger partial charge in [0.2, 0.25) is 0 Å². The van der Waals surface area contributed by atoms with Crippen molar-refractivity contribution >= 4 is 5.78 Å². The zero-order valence-electron chi connectivity index (χ0n) is 7.43. The van der Waals surface area contributed by atoms with Gasteiger partial charge in [-0.3, -0.25) is 9.78 Å². The highest BCUT2D eigenvalue weighted by atomic mass is 19.4. The van der Waals surface area contributed by atoms with Gasteiger partial charge in [0.25, 0.3) is 0 Å². The molecule has 0 aliphatic carbocycles. The summed E-state index contributed by atoms with van der Waals surface area (Å²) >= 11 is 0. The van der Waals surface area contributed by atoms with E-state index in [0.717, 1.165) is 12.1 Å².